The van der Waals surface area contributed by atoms with Crippen LogP contribution in [0.2, 0.25) is 5.02 Å². The Kier molecular flexibility index (Phi) is 9.92. The minimum Gasteiger partial charge on any atom is -0.496 e. The number of rotatable bonds is 11. The van der Waals surface area contributed by atoms with Crippen molar-refractivity contribution in [2.75, 3.05) is 59.2 Å². The number of nitrogens with one attached hydrogen (secondary N) is 1. The van der Waals surface area contributed by atoms with Crippen molar-refractivity contribution >= 4 is 29.2 Å². The highest BCUT2D eigenvalue weighted by molar-refractivity contribution is 6.34. The summed E-state index contributed by atoms with van der Waals surface area (Å²) in [5.74, 6) is 0.558. The number of halogens is 1. The Labute approximate surface area is 224 Å². The van der Waals surface area contributed by atoms with E-state index in [1.807, 2.05) is 0 Å². The third-order valence-electron chi connectivity index (χ3n) is 8.02. The zero-order valence-corrected chi connectivity index (χ0v) is 22.8. The van der Waals surface area contributed by atoms with Gasteiger partial charge in [0.15, 0.2) is 0 Å². The molecule has 1 amide bonds. The minimum atomic E-state index is -0.299. The lowest BCUT2D eigenvalue weighted by atomic mass is 9.86. The number of unbranched alkanes of at least 4 members (excludes halogenated alkanes) is 2. The molecule has 3 atom stereocenters. The quantitative estimate of drug-likeness (QED) is 0.252. The van der Waals surface area contributed by atoms with E-state index in [0.717, 1.165) is 77.8 Å². The van der Waals surface area contributed by atoms with E-state index >= 15 is 0 Å². The van der Waals surface area contributed by atoms with E-state index in [9.17, 15) is 9.59 Å². The van der Waals surface area contributed by atoms with Crippen molar-refractivity contribution in [1.29, 1.82) is 0 Å². The first kappa shape index (κ1) is 28.0. The van der Waals surface area contributed by atoms with Crippen LogP contribution in [-0.2, 0) is 14.3 Å². The summed E-state index contributed by atoms with van der Waals surface area (Å²) in [6.07, 6.45) is 6.39. The van der Waals surface area contributed by atoms with Gasteiger partial charge in [-0.15, -0.1) is 0 Å². The fraction of sp³-hybridized carbons (Fsp3) is 0.704. The Bertz CT molecular complexity index is 940. The van der Waals surface area contributed by atoms with Gasteiger partial charge >= 0.3 is 5.97 Å². The summed E-state index contributed by atoms with van der Waals surface area (Å²) in [6.45, 7) is 5.74. The summed E-state index contributed by atoms with van der Waals surface area (Å²) in [6, 6.07) is 3.01. The number of nitrogen functional groups attached to an aromatic ring is 1. The second kappa shape index (κ2) is 13.1. The number of methoxy groups -OCH3 is 2. The Morgan fingerprint density at radius 3 is 2.51 bits per heavy atom. The van der Waals surface area contributed by atoms with Gasteiger partial charge in [-0.25, -0.2) is 0 Å². The molecule has 4 heterocycles. The zero-order valence-electron chi connectivity index (χ0n) is 22.0. The number of nitrogens with two attached hydrogens (primary N) is 1. The fourth-order valence-electron chi connectivity index (χ4n) is 5.86. The molecular weight excluding hydrogens is 496 g/mol. The van der Waals surface area contributed by atoms with E-state index in [4.69, 9.17) is 31.5 Å². The third-order valence-corrected chi connectivity index (χ3v) is 8.32. The number of anilines is 1. The Morgan fingerprint density at radius 1 is 1.05 bits per heavy atom. The fourth-order valence-corrected chi connectivity index (χ4v) is 6.17. The van der Waals surface area contributed by atoms with Crippen molar-refractivity contribution < 1.29 is 23.8 Å². The number of carbonyl (C=O) groups excluding carboxylic acids is 2. The number of nitrogens with zero attached hydrogens (tertiary/aromatic N) is 2. The summed E-state index contributed by atoms with van der Waals surface area (Å²) in [5.41, 5.74) is 6.54. The smallest absolute Gasteiger partial charge is 0.306 e. The standard InChI is InChI=1S/C27H41ClN4O5/c1-35-22-15-19(29)14-20(28)26(22)27(34)30-21-9-13-31(17-24(21)36-2)10-5-3-4-6-25(33)37-23-16-32-11-7-18(23)8-12-32/h14-15,18,21,23-24H,3-13,16-17,29H2,1-2H3,(H,30,34)/t21-,23?,24+/m1/s1. The third kappa shape index (κ3) is 7.28. The lowest BCUT2D eigenvalue weighted by Gasteiger charge is -2.43. The summed E-state index contributed by atoms with van der Waals surface area (Å²) < 4.78 is 16.8. The Hall–Kier alpha value is -2.07. The maximum Gasteiger partial charge on any atom is 0.306 e. The molecule has 4 aliphatic heterocycles. The largest absolute Gasteiger partial charge is 0.496 e. The monoisotopic (exact) mass is 536 g/mol. The molecule has 206 valence electrons. The van der Waals surface area contributed by atoms with E-state index < -0.39 is 0 Å². The Morgan fingerprint density at radius 2 is 1.84 bits per heavy atom. The molecule has 0 aliphatic carbocycles. The maximum atomic E-state index is 13.0. The van der Waals surface area contributed by atoms with Gasteiger partial charge in [-0.3, -0.25) is 14.5 Å². The van der Waals surface area contributed by atoms with Crippen molar-refractivity contribution in [1.82, 2.24) is 15.1 Å². The average molecular weight is 537 g/mol. The Balaban J connectivity index is 1.15. The molecule has 0 radical (unpaired) electrons. The van der Waals surface area contributed by atoms with Crippen molar-refractivity contribution in [2.24, 2.45) is 5.92 Å². The molecule has 1 unspecified atom stereocenters. The van der Waals surface area contributed by atoms with Crippen LogP contribution in [0.5, 0.6) is 5.75 Å². The molecule has 10 heteroatoms. The highest BCUT2D eigenvalue weighted by atomic mass is 35.5. The topological polar surface area (TPSA) is 106 Å². The van der Waals surface area contributed by atoms with E-state index in [0.29, 0.717) is 23.8 Å². The summed E-state index contributed by atoms with van der Waals surface area (Å²) in [7, 11) is 3.16. The maximum absolute atomic E-state index is 13.0. The van der Waals surface area contributed by atoms with Crippen molar-refractivity contribution in [3.8, 4) is 5.75 Å². The van der Waals surface area contributed by atoms with E-state index in [1.54, 1.807) is 19.2 Å². The van der Waals surface area contributed by atoms with Crippen LogP contribution in [0.3, 0.4) is 0 Å². The molecule has 0 spiro atoms. The number of amides is 1. The van der Waals surface area contributed by atoms with E-state index in [2.05, 4.69) is 15.1 Å². The van der Waals surface area contributed by atoms with Gasteiger partial charge in [-0.1, -0.05) is 18.0 Å². The molecular formula is C27H41ClN4O5. The second-order valence-electron chi connectivity index (χ2n) is 10.5. The first-order chi connectivity index (χ1) is 17.9. The molecule has 4 fully saturated rings. The molecule has 1 aromatic rings. The highest BCUT2D eigenvalue weighted by Gasteiger charge is 2.36. The van der Waals surface area contributed by atoms with E-state index in [-0.39, 0.29) is 40.7 Å². The van der Waals surface area contributed by atoms with Crippen LogP contribution < -0.4 is 15.8 Å². The molecule has 1 aromatic carbocycles. The van der Waals surface area contributed by atoms with Gasteiger partial charge in [-0.05, 0) is 63.7 Å². The van der Waals surface area contributed by atoms with Crippen LogP contribution in [0.4, 0.5) is 5.69 Å². The number of likely N-dealkylation sites (tertiary alicyclic amines) is 1. The molecule has 3 N–H and O–H groups in total. The first-order valence-corrected chi connectivity index (χ1v) is 13.9. The number of piperidine rings is 4. The van der Waals surface area contributed by atoms with Crippen LogP contribution in [-0.4, -0.2) is 93.4 Å². The van der Waals surface area contributed by atoms with Crippen molar-refractivity contribution in [2.45, 2.75) is 63.2 Å². The second-order valence-corrected chi connectivity index (χ2v) is 10.9. The van der Waals surface area contributed by atoms with Crippen molar-refractivity contribution in [3.63, 3.8) is 0 Å². The molecule has 37 heavy (non-hydrogen) atoms. The predicted molar refractivity (Wildman–Crippen MR) is 143 cm³/mol. The number of carbonyl (C=O) groups is 2. The number of benzene rings is 1. The number of fused-ring (bicyclic) bond motifs is 3. The van der Waals surface area contributed by atoms with Gasteiger partial charge in [0, 0.05) is 44.9 Å². The molecule has 9 nitrogen and oxygen atoms in total. The lowest BCUT2D eigenvalue weighted by molar-refractivity contribution is -0.158. The lowest BCUT2D eigenvalue weighted by Crippen LogP contribution is -2.55. The van der Waals surface area contributed by atoms with Crippen LogP contribution in [0.15, 0.2) is 12.1 Å². The average Bonchev–Trinajstić information content (AvgIpc) is 2.89. The summed E-state index contributed by atoms with van der Waals surface area (Å²) in [5, 5.41) is 3.33. The summed E-state index contributed by atoms with van der Waals surface area (Å²) >= 11 is 6.29. The number of hydrogen-bond acceptors (Lipinski definition) is 8. The van der Waals surface area contributed by atoms with Crippen LogP contribution in [0.25, 0.3) is 0 Å². The SMILES string of the molecule is COc1cc(N)cc(Cl)c1C(=O)N[C@@H]1CCN(CCCCCC(=O)OC2CN3CCC2CC3)C[C@@H]1OC. The van der Waals surface area contributed by atoms with Gasteiger partial charge in [-0.2, -0.15) is 0 Å². The van der Waals surface area contributed by atoms with Gasteiger partial charge in [0.2, 0.25) is 0 Å². The molecule has 4 saturated heterocycles. The van der Waals surface area contributed by atoms with Gasteiger partial charge < -0.3 is 30.2 Å². The minimum absolute atomic E-state index is 0.0485. The number of esters is 1. The number of ether oxygens (including phenoxy) is 3. The van der Waals surface area contributed by atoms with Crippen LogP contribution in [0.1, 0.15) is 55.3 Å². The predicted octanol–water partition coefficient (Wildman–Crippen LogP) is 2.95. The highest BCUT2D eigenvalue weighted by Crippen LogP contribution is 2.31. The molecule has 0 saturated carbocycles. The van der Waals surface area contributed by atoms with Crippen LogP contribution >= 0.6 is 11.6 Å². The van der Waals surface area contributed by atoms with E-state index in [1.165, 1.54) is 7.11 Å². The molecule has 4 aliphatic rings. The molecule has 2 bridgehead atoms. The van der Waals surface area contributed by atoms with Gasteiger partial charge in [0.05, 0.1) is 24.3 Å². The first-order valence-electron chi connectivity index (χ1n) is 13.5. The van der Waals surface area contributed by atoms with Crippen molar-refractivity contribution in [3.05, 3.63) is 22.7 Å². The van der Waals surface area contributed by atoms with Crippen LogP contribution in [0, 0.1) is 5.92 Å². The van der Waals surface area contributed by atoms with Gasteiger partial charge in [0.1, 0.15) is 17.4 Å². The zero-order chi connectivity index (χ0) is 26.4. The molecule has 5 rings (SSSR count). The summed E-state index contributed by atoms with van der Waals surface area (Å²) in [4.78, 5) is 30.1. The number of hydrogen-bond donors (Lipinski definition) is 2. The normalized spacial score (nSPS) is 27.6. The molecule has 0 aromatic heterocycles. The van der Waals surface area contributed by atoms with Gasteiger partial charge in [0.25, 0.3) is 5.91 Å².